The number of ether oxygens (including phenoxy) is 1. The number of carbonyl (C=O) groups is 1. The molecule has 6 nitrogen and oxygen atoms in total. The van der Waals surface area contributed by atoms with Gasteiger partial charge in [-0.2, -0.15) is 0 Å². The lowest BCUT2D eigenvalue weighted by atomic mass is 10.1. The molecule has 7 heteroatoms. The molecule has 2 aromatic carbocycles. The molecule has 0 unspecified atom stereocenters. The molecule has 152 valence electrons. The minimum Gasteiger partial charge on any atom is -0.497 e. The molecule has 0 bridgehead atoms. The van der Waals surface area contributed by atoms with Gasteiger partial charge in [-0.1, -0.05) is 42.1 Å². The lowest BCUT2D eigenvalue weighted by molar-refractivity contribution is 0.0948. The highest BCUT2D eigenvalue weighted by Crippen LogP contribution is 2.26. The molecule has 29 heavy (non-hydrogen) atoms. The number of methoxy groups -OCH3 is 1. The fourth-order valence-corrected chi connectivity index (χ4v) is 4.04. The first kappa shape index (κ1) is 20.9. The molecule has 0 aliphatic carbocycles. The molecule has 1 N–H and O–H groups in total. The first-order chi connectivity index (χ1) is 14.0. The predicted molar refractivity (Wildman–Crippen MR) is 115 cm³/mol. The van der Waals surface area contributed by atoms with Gasteiger partial charge >= 0.3 is 0 Å². The summed E-state index contributed by atoms with van der Waals surface area (Å²) >= 11 is 1.63. The summed E-state index contributed by atoms with van der Waals surface area (Å²) in [7, 11) is 1.66. The van der Waals surface area contributed by atoms with Crippen molar-refractivity contribution >= 4 is 17.7 Å². The van der Waals surface area contributed by atoms with Crippen LogP contribution in [0.1, 0.15) is 47.2 Å². The lowest BCUT2D eigenvalue weighted by Crippen LogP contribution is -2.25. The number of nitrogens with one attached hydrogen (secondary N) is 1. The minimum absolute atomic E-state index is 0.103. The SMILES string of the molecule is COc1ccc(CSc2nnc(CNC(=O)c3ccccc3C)n2C(C)C)cc1. The zero-order valence-electron chi connectivity index (χ0n) is 17.2. The number of hydrogen-bond donors (Lipinski definition) is 1. The Hall–Kier alpha value is -2.80. The van der Waals surface area contributed by atoms with Crippen molar-refractivity contribution in [1.29, 1.82) is 0 Å². The zero-order chi connectivity index (χ0) is 20.8. The molecule has 0 saturated heterocycles. The summed E-state index contributed by atoms with van der Waals surface area (Å²) in [5.41, 5.74) is 2.81. The van der Waals surface area contributed by atoms with Gasteiger partial charge in [-0.3, -0.25) is 4.79 Å². The van der Waals surface area contributed by atoms with E-state index in [4.69, 9.17) is 4.74 Å². The molecule has 1 heterocycles. The van der Waals surface area contributed by atoms with Gasteiger partial charge in [0.1, 0.15) is 5.75 Å². The predicted octanol–water partition coefficient (Wildman–Crippen LogP) is 4.40. The zero-order valence-corrected chi connectivity index (χ0v) is 18.0. The maximum atomic E-state index is 12.5. The quantitative estimate of drug-likeness (QED) is 0.558. The van der Waals surface area contributed by atoms with Crippen molar-refractivity contribution in [3.8, 4) is 5.75 Å². The third-order valence-electron chi connectivity index (χ3n) is 4.58. The summed E-state index contributed by atoms with van der Waals surface area (Å²) in [5, 5.41) is 12.5. The number of benzene rings is 2. The number of amides is 1. The Morgan fingerprint density at radius 2 is 1.86 bits per heavy atom. The summed E-state index contributed by atoms with van der Waals surface area (Å²) in [6, 6.07) is 15.7. The summed E-state index contributed by atoms with van der Waals surface area (Å²) in [6.07, 6.45) is 0. The topological polar surface area (TPSA) is 69.0 Å². The summed E-state index contributed by atoms with van der Waals surface area (Å²) in [5.74, 6) is 2.27. The average molecular weight is 411 g/mol. The van der Waals surface area contributed by atoms with Crippen LogP contribution >= 0.6 is 11.8 Å². The second-order valence-electron chi connectivity index (χ2n) is 7.00. The number of hydrogen-bond acceptors (Lipinski definition) is 5. The Morgan fingerprint density at radius 1 is 1.14 bits per heavy atom. The van der Waals surface area contributed by atoms with Crippen LogP contribution in [0.25, 0.3) is 0 Å². The van der Waals surface area contributed by atoms with Gasteiger partial charge in [0, 0.05) is 17.4 Å². The van der Waals surface area contributed by atoms with Crippen molar-refractivity contribution in [2.24, 2.45) is 0 Å². The Labute approximate surface area is 175 Å². The highest BCUT2D eigenvalue weighted by molar-refractivity contribution is 7.98. The Morgan fingerprint density at radius 3 is 2.52 bits per heavy atom. The average Bonchev–Trinajstić information content (AvgIpc) is 3.14. The number of rotatable bonds is 8. The molecule has 0 fully saturated rings. The van der Waals surface area contributed by atoms with Gasteiger partial charge in [-0.05, 0) is 50.1 Å². The largest absolute Gasteiger partial charge is 0.497 e. The number of aryl methyl sites for hydroxylation is 1. The molecule has 1 amide bonds. The van der Waals surface area contributed by atoms with E-state index in [9.17, 15) is 4.79 Å². The summed E-state index contributed by atoms with van der Waals surface area (Å²) in [4.78, 5) is 12.5. The Bertz CT molecular complexity index is 967. The van der Waals surface area contributed by atoms with E-state index in [2.05, 4.69) is 33.9 Å². The summed E-state index contributed by atoms with van der Waals surface area (Å²) < 4.78 is 7.28. The smallest absolute Gasteiger partial charge is 0.251 e. The molecule has 0 atom stereocenters. The van der Waals surface area contributed by atoms with Gasteiger partial charge in [0.2, 0.25) is 0 Å². The van der Waals surface area contributed by atoms with E-state index in [0.717, 1.165) is 28.0 Å². The third kappa shape index (κ3) is 5.17. The van der Waals surface area contributed by atoms with E-state index in [0.29, 0.717) is 12.1 Å². The van der Waals surface area contributed by atoms with Gasteiger partial charge in [0.05, 0.1) is 13.7 Å². The van der Waals surface area contributed by atoms with Crippen LogP contribution in [0.3, 0.4) is 0 Å². The molecule has 3 aromatic rings. The molecule has 0 aliphatic heterocycles. The molecular weight excluding hydrogens is 384 g/mol. The van der Waals surface area contributed by atoms with Gasteiger partial charge in [-0.25, -0.2) is 0 Å². The van der Waals surface area contributed by atoms with E-state index in [1.54, 1.807) is 18.9 Å². The molecular formula is C22H26N4O2S. The molecule has 0 aliphatic rings. The van der Waals surface area contributed by atoms with E-state index in [-0.39, 0.29) is 11.9 Å². The monoisotopic (exact) mass is 410 g/mol. The van der Waals surface area contributed by atoms with E-state index in [1.165, 1.54) is 5.56 Å². The van der Waals surface area contributed by atoms with Crippen molar-refractivity contribution in [2.45, 2.75) is 44.3 Å². The van der Waals surface area contributed by atoms with Crippen molar-refractivity contribution in [1.82, 2.24) is 20.1 Å². The fourth-order valence-electron chi connectivity index (χ4n) is 3.00. The summed E-state index contributed by atoms with van der Waals surface area (Å²) in [6.45, 7) is 6.45. The second-order valence-corrected chi connectivity index (χ2v) is 7.94. The maximum Gasteiger partial charge on any atom is 0.251 e. The van der Waals surface area contributed by atoms with E-state index < -0.39 is 0 Å². The van der Waals surface area contributed by atoms with Crippen molar-refractivity contribution in [3.63, 3.8) is 0 Å². The molecule has 0 radical (unpaired) electrons. The highest BCUT2D eigenvalue weighted by Gasteiger charge is 2.17. The molecule has 3 rings (SSSR count). The van der Waals surface area contributed by atoms with Gasteiger partial charge in [0.15, 0.2) is 11.0 Å². The molecule has 0 saturated carbocycles. The van der Waals surface area contributed by atoms with Crippen LogP contribution in [0, 0.1) is 6.92 Å². The van der Waals surface area contributed by atoms with Crippen LogP contribution in [0.5, 0.6) is 5.75 Å². The molecule has 1 aromatic heterocycles. The number of thioether (sulfide) groups is 1. The third-order valence-corrected chi connectivity index (χ3v) is 5.59. The van der Waals surface area contributed by atoms with E-state index >= 15 is 0 Å². The normalized spacial score (nSPS) is 10.9. The number of carbonyl (C=O) groups excluding carboxylic acids is 1. The second kappa shape index (κ2) is 9.60. The van der Waals surface area contributed by atoms with Crippen molar-refractivity contribution in [3.05, 3.63) is 71.0 Å². The standard InChI is InChI=1S/C22H26N4O2S/c1-15(2)26-20(13-23-21(27)19-8-6-5-7-16(19)3)24-25-22(26)29-14-17-9-11-18(28-4)12-10-17/h5-12,15H,13-14H2,1-4H3,(H,23,27). The Kier molecular flexibility index (Phi) is 6.93. The van der Waals surface area contributed by atoms with Crippen LogP contribution < -0.4 is 10.1 Å². The lowest BCUT2D eigenvalue weighted by Gasteiger charge is -2.14. The fraction of sp³-hybridized carbons (Fsp3) is 0.318. The van der Waals surface area contributed by atoms with Gasteiger partial charge in [0.25, 0.3) is 5.91 Å². The Balaban J connectivity index is 1.68. The molecule has 0 spiro atoms. The maximum absolute atomic E-state index is 12.5. The highest BCUT2D eigenvalue weighted by atomic mass is 32.2. The van der Waals surface area contributed by atoms with Crippen molar-refractivity contribution < 1.29 is 9.53 Å². The van der Waals surface area contributed by atoms with Crippen LogP contribution in [-0.2, 0) is 12.3 Å². The van der Waals surface area contributed by atoms with Gasteiger partial charge in [-0.15, -0.1) is 10.2 Å². The van der Waals surface area contributed by atoms with Crippen molar-refractivity contribution in [2.75, 3.05) is 7.11 Å². The van der Waals surface area contributed by atoms with Gasteiger partial charge < -0.3 is 14.6 Å². The first-order valence-electron chi connectivity index (χ1n) is 9.53. The number of nitrogens with zero attached hydrogens (tertiary/aromatic N) is 3. The van der Waals surface area contributed by atoms with E-state index in [1.807, 2.05) is 55.5 Å². The van der Waals surface area contributed by atoms with Crippen LogP contribution in [0.4, 0.5) is 0 Å². The first-order valence-corrected chi connectivity index (χ1v) is 10.5. The van der Waals surface area contributed by atoms with Crippen LogP contribution in [0.15, 0.2) is 53.7 Å². The van der Waals surface area contributed by atoms with Crippen LogP contribution in [-0.4, -0.2) is 27.8 Å². The number of aromatic nitrogens is 3. The van der Waals surface area contributed by atoms with Crippen LogP contribution in [0.2, 0.25) is 0 Å². The minimum atomic E-state index is -0.103.